The molecule has 0 bridgehead atoms. The van der Waals surface area contributed by atoms with E-state index in [1.54, 1.807) is 0 Å². The van der Waals surface area contributed by atoms with Crippen molar-refractivity contribution >= 4 is 5.91 Å². The highest BCUT2D eigenvalue weighted by molar-refractivity contribution is 5.82. The van der Waals surface area contributed by atoms with Crippen molar-refractivity contribution in [1.29, 1.82) is 0 Å². The summed E-state index contributed by atoms with van der Waals surface area (Å²) in [5.41, 5.74) is 0. The molecule has 0 aromatic rings. The van der Waals surface area contributed by atoms with Crippen LogP contribution in [0.15, 0.2) is 0 Å². The molecule has 1 fully saturated rings. The van der Waals surface area contributed by atoms with Crippen LogP contribution in [-0.4, -0.2) is 24.5 Å². The Bertz CT molecular complexity index is 172. The van der Waals surface area contributed by atoms with Crippen LogP contribution in [0.2, 0.25) is 0 Å². The number of hydrogen-bond donors (Lipinski definition) is 2. The average molecular weight is 198 g/mol. The van der Waals surface area contributed by atoms with E-state index < -0.39 is 0 Å². The minimum Gasteiger partial charge on any atom is -0.352 e. The molecular weight excluding hydrogens is 176 g/mol. The summed E-state index contributed by atoms with van der Waals surface area (Å²) in [6.45, 7) is 5.21. The fourth-order valence-electron chi connectivity index (χ4n) is 1.87. The smallest absolute Gasteiger partial charge is 0.237 e. The van der Waals surface area contributed by atoms with E-state index in [0.29, 0.717) is 6.04 Å². The molecule has 1 heterocycles. The Morgan fingerprint density at radius 2 is 2.14 bits per heavy atom. The number of nitrogens with one attached hydrogen (secondary N) is 2. The maximum Gasteiger partial charge on any atom is 0.237 e. The monoisotopic (exact) mass is 198 g/mol. The quantitative estimate of drug-likeness (QED) is 0.717. The maximum atomic E-state index is 11.8. The van der Waals surface area contributed by atoms with Gasteiger partial charge >= 0.3 is 0 Å². The molecule has 0 radical (unpaired) electrons. The van der Waals surface area contributed by atoms with Gasteiger partial charge in [-0.05, 0) is 32.2 Å². The molecule has 1 aliphatic heterocycles. The Kier molecular flexibility index (Phi) is 4.94. The first kappa shape index (κ1) is 11.5. The summed E-state index contributed by atoms with van der Waals surface area (Å²) in [6, 6.07) is 0.413. The van der Waals surface area contributed by atoms with Crippen molar-refractivity contribution in [3.63, 3.8) is 0 Å². The van der Waals surface area contributed by atoms with Crippen LogP contribution in [0.3, 0.4) is 0 Å². The molecular formula is C11H22N2O. The second-order valence-corrected chi connectivity index (χ2v) is 4.02. The minimum absolute atomic E-state index is 0.0596. The normalized spacial score (nSPS) is 22.4. The predicted octanol–water partition coefficient (Wildman–Crippen LogP) is 1.43. The molecule has 0 aromatic heterocycles. The van der Waals surface area contributed by atoms with Gasteiger partial charge in [-0.3, -0.25) is 4.79 Å². The Morgan fingerprint density at radius 1 is 1.43 bits per heavy atom. The molecule has 0 spiro atoms. The summed E-state index contributed by atoms with van der Waals surface area (Å²) in [5, 5.41) is 6.34. The van der Waals surface area contributed by atoms with Gasteiger partial charge in [0.25, 0.3) is 0 Å². The highest BCUT2D eigenvalue weighted by atomic mass is 16.2. The molecule has 3 heteroatoms. The lowest BCUT2D eigenvalue weighted by Crippen LogP contribution is -2.49. The molecule has 1 saturated heterocycles. The van der Waals surface area contributed by atoms with Crippen LogP contribution in [0.4, 0.5) is 0 Å². The molecule has 14 heavy (non-hydrogen) atoms. The van der Waals surface area contributed by atoms with Gasteiger partial charge in [0.2, 0.25) is 5.91 Å². The number of carbonyl (C=O) groups excluding carboxylic acids is 1. The third-order valence-electron chi connectivity index (χ3n) is 2.96. The molecule has 82 valence electrons. The zero-order valence-corrected chi connectivity index (χ0v) is 9.31. The molecule has 1 atom stereocenters. The fraction of sp³-hybridized carbons (Fsp3) is 0.909. The number of hydrogen-bond acceptors (Lipinski definition) is 2. The van der Waals surface area contributed by atoms with Crippen LogP contribution in [-0.2, 0) is 4.79 Å². The van der Waals surface area contributed by atoms with Crippen molar-refractivity contribution in [1.82, 2.24) is 10.6 Å². The standard InChI is InChI=1S/C11H22N2O/c1-3-9(4-2)13-11(14)10-7-5-6-8-12-10/h9-10,12H,3-8H2,1-2H3,(H,13,14). The predicted molar refractivity (Wildman–Crippen MR) is 58.2 cm³/mol. The highest BCUT2D eigenvalue weighted by Crippen LogP contribution is 2.07. The Balaban J connectivity index is 2.32. The molecule has 1 amide bonds. The minimum atomic E-state index is 0.0596. The summed E-state index contributed by atoms with van der Waals surface area (Å²) < 4.78 is 0. The summed E-state index contributed by atoms with van der Waals surface area (Å²) in [7, 11) is 0. The summed E-state index contributed by atoms with van der Waals surface area (Å²) in [6.07, 6.45) is 5.42. The van der Waals surface area contributed by atoms with E-state index in [2.05, 4.69) is 24.5 Å². The third-order valence-corrected chi connectivity index (χ3v) is 2.96. The van der Waals surface area contributed by atoms with E-state index >= 15 is 0 Å². The number of rotatable bonds is 4. The lowest BCUT2D eigenvalue weighted by Gasteiger charge is -2.25. The lowest BCUT2D eigenvalue weighted by molar-refractivity contribution is -0.124. The zero-order valence-electron chi connectivity index (χ0n) is 9.31. The number of amides is 1. The van der Waals surface area contributed by atoms with Crippen molar-refractivity contribution in [3.8, 4) is 0 Å². The molecule has 1 unspecified atom stereocenters. The zero-order chi connectivity index (χ0) is 10.4. The highest BCUT2D eigenvalue weighted by Gasteiger charge is 2.21. The molecule has 1 rings (SSSR count). The second-order valence-electron chi connectivity index (χ2n) is 4.02. The van der Waals surface area contributed by atoms with Gasteiger partial charge in [0.05, 0.1) is 6.04 Å². The first-order valence-corrected chi connectivity index (χ1v) is 5.81. The van der Waals surface area contributed by atoms with Gasteiger partial charge in [-0.1, -0.05) is 20.3 Å². The molecule has 3 nitrogen and oxygen atoms in total. The molecule has 0 saturated carbocycles. The van der Waals surface area contributed by atoms with Gasteiger partial charge in [0.15, 0.2) is 0 Å². The van der Waals surface area contributed by atoms with Crippen molar-refractivity contribution in [2.45, 2.75) is 58.0 Å². The van der Waals surface area contributed by atoms with E-state index in [0.717, 1.165) is 25.8 Å². The van der Waals surface area contributed by atoms with Crippen molar-refractivity contribution < 1.29 is 4.79 Å². The van der Waals surface area contributed by atoms with Gasteiger partial charge < -0.3 is 10.6 Å². The SMILES string of the molecule is CCC(CC)NC(=O)C1CCCCN1. The Hall–Kier alpha value is -0.570. The maximum absolute atomic E-state index is 11.8. The van der Waals surface area contributed by atoms with Gasteiger partial charge in [-0.15, -0.1) is 0 Å². The van der Waals surface area contributed by atoms with Crippen LogP contribution in [0.25, 0.3) is 0 Å². The lowest BCUT2D eigenvalue weighted by atomic mass is 10.0. The van der Waals surface area contributed by atoms with Crippen molar-refractivity contribution in [3.05, 3.63) is 0 Å². The Labute approximate surface area is 86.6 Å². The average Bonchev–Trinajstić information content (AvgIpc) is 2.26. The molecule has 0 aliphatic carbocycles. The summed E-state index contributed by atoms with van der Waals surface area (Å²) >= 11 is 0. The topological polar surface area (TPSA) is 41.1 Å². The van der Waals surface area contributed by atoms with Crippen molar-refractivity contribution in [2.75, 3.05) is 6.54 Å². The first-order valence-electron chi connectivity index (χ1n) is 5.81. The molecule has 1 aliphatic rings. The van der Waals surface area contributed by atoms with E-state index in [-0.39, 0.29) is 11.9 Å². The van der Waals surface area contributed by atoms with Gasteiger partial charge in [0.1, 0.15) is 0 Å². The van der Waals surface area contributed by atoms with E-state index in [4.69, 9.17) is 0 Å². The van der Waals surface area contributed by atoms with Crippen LogP contribution in [0.5, 0.6) is 0 Å². The molecule has 2 N–H and O–H groups in total. The van der Waals surface area contributed by atoms with Gasteiger partial charge in [-0.2, -0.15) is 0 Å². The summed E-state index contributed by atoms with van der Waals surface area (Å²) in [5.74, 6) is 0.193. The van der Waals surface area contributed by atoms with Crippen molar-refractivity contribution in [2.24, 2.45) is 0 Å². The van der Waals surface area contributed by atoms with E-state index in [1.807, 2.05) is 0 Å². The number of carbonyl (C=O) groups is 1. The largest absolute Gasteiger partial charge is 0.352 e. The summed E-state index contributed by atoms with van der Waals surface area (Å²) in [4.78, 5) is 11.8. The second kappa shape index (κ2) is 6.02. The van der Waals surface area contributed by atoms with E-state index in [9.17, 15) is 4.79 Å². The fourth-order valence-corrected chi connectivity index (χ4v) is 1.87. The van der Waals surface area contributed by atoms with Crippen LogP contribution < -0.4 is 10.6 Å². The van der Waals surface area contributed by atoms with Crippen LogP contribution >= 0.6 is 0 Å². The third kappa shape index (κ3) is 3.29. The van der Waals surface area contributed by atoms with Crippen LogP contribution in [0.1, 0.15) is 46.0 Å². The van der Waals surface area contributed by atoms with Crippen LogP contribution in [0, 0.1) is 0 Å². The number of piperidine rings is 1. The Morgan fingerprint density at radius 3 is 2.64 bits per heavy atom. The molecule has 0 aromatic carbocycles. The first-order chi connectivity index (χ1) is 6.77. The van der Waals surface area contributed by atoms with Gasteiger partial charge in [0, 0.05) is 6.04 Å². The van der Waals surface area contributed by atoms with E-state index in [1.165, 1.54) is 12.8 Å². The van der Waals surface area contributed by atoms with Gasteiger partial charge in [-0.25, -0.2) is 0 Å².